The van der Waals surface area contributed by atoms with Crippen molar-refractivity contribution in [3.05, 3.63) is 84.7 Å². The fourth-order valence-corrected chi connectivity index (χ4v) is 9.75. The maximum Gasteiger partial charge on any atom is 0.170 e. The topological polar surface area (TPSA) is 9.23 Å². The lowest BCUT2D eigenvalue weighted by Gasteiger charge is -2.43. The molecule has 1 nitrogen and oxygen atoms in total. The Morgan fingerprint density at radius 2 is 1.49 bits per heavy atom. The van der Waals surface area contributed by atoms with Crippen LogP contribution in [0.4, 0.5) is 4.39 Å². The highest BCUT2D eigenvalue weighted by Crippen LogP contribution is 2.63. The van der Waals surface area contributed by atoms with Gasteiger partial charge in [-0.3, -0.25) is 0 Å². The summed E-state index contributed by atoms with van der Waals surface area (Å²) in [5, 5.41) is 0. The molecule has 3 heteroatoms. The first-order valence-corrected chi connectivity index (χ1v) is 14.6. The zero-order chi connectivity index (χ0) is 24.0. The Balaban J connectivity index is 1.33. The predicted octanol–water partition coefficient (Wildman–Crippen LogP) is 8.54. The van der Waals surface area contributed by atoms with E-state index in [9.17, 15) is 0 Å². The first-order chi connectivity index (χ1) is 17.1. The molecule has 0 aliphatic heterocycles. The monoisotopic (exact) mass is 487 g/mol. The fourth-order valence-electron chi connectivity index (χ4n) is 7.64. The van der Waals surface area contributed by atoms with Crippen LogP contribution in [0.25, 0.3) is 0 Å². The van der Waals surface area contributed by atoms with Gasteiger partial charge in [-0.2, -0.15) is 0 Å². The Labute approximate surface area is 212 Å². The smallest absolute Gasteiger partial charge is 0.170 e. The van der Waals surface area contributed by atoms with Gasteiger partial charge in [0.15, 0.2) is 26.3 Å². The molecule has 3 fully saturated rings. The Bertz CT molecular complexity index is 1130. The molecule has 0 heterocycles. The Morgan fingerprint density at radius 1 is 0.829 bits per heavy atom. The molecule has 6 unspecified atom stereocenters. The molecule has 2 bridgehead atoms. The molecule has 0 radical (unpaired) electrons. The minimum absolute atomic E-state index is 0.250. The van der Waals surface area contributed by atoms with Gasteiger partial charge in [0.05, 0.1) is 10.9 Å². The number of fused-ring (bicyclic) bond motifs is 5. The van der Waals surface area contributed by atoms with E-state index in [0.29, 0.717) is 11.7 Å². The zero-order valence-electron chi connectivity index (χ0n) is 20.8. The quantitative estimate of drug-likeness (QED) is 0.303. The Kier molecular flexibility index (Phi) is 6.16. The molecule has 0 amide bonds. The number of halogens is 1. The summed E-state index contributed by atoms with van der Waals surface area (Å²) >= 11 is 0. The predicted molar refractivity (Wildman–Crippen MR) is 141 cm³/mol. The highest BCUT2D eigenvalue weighted by atomic mass is 32.2. The number of hydrogen-bond donors (Lipinski definition) is 0. The standard InChI is InChI=1S/C32H36FOS/c1-3-32(2,29-20-22-19-28(29)27-16-10-15-26(22)27)34-31-21-25(17-18-30(31)33)35(23-11-6-4-7-12-23)24-13-8-5-9-14-24/h4-9,11-14,17-18,21-22,26-29H,3,10,15-16,19-20H2,1-2H3/q+1. The van der Waals surface area contributed by atoms with E-state index in [1.54, 1.807) is 6.07 Å². The van der Waals surface area contributed by atoms with Crippen LogP contribution < -0.4 is 4.74 Å². The molecule has 6 rings (SSSR count). The largest absolute Gasteiger partial charge is 0.484 e. The van der Waals surface area contributed by atoms with E-state index in [4.69, 9.17) is 4.74 Å². The van der Waals surface area contributed by atoms with Crippen LogP contribution in [-0.4, -0.2) is 5.60 Å². The van der Waals surface area contributed by atoms with Gasteiger partial charge in [-0.25, -0.2) is 4.39 Å². The number of hydrogen-bond acceptors (Lipinski definition) is 1. The van der Waals surface area contributed by atoms with Crippen LogP contribution in [0.1, 0.15) is 52.4 Å². The third-order valence-corrected chi connectivity index (χ3v) is 11.6. The van der Waals surface area contributed by atoms with E-state index < -0.39 is 0 Å². The summed E-state index contributed by atoms with van der Waals surface area (Å²) in [5.74, 6) is 4.16. The number of ether oxygens (including phenoxy) is 1. The van der Waals surface area contributed by atoms with Crippen molar-refractivity contribution in [3.63, 3.8) is 0 Å². The summed E-state index contributed by atoms with van der Waals surface area (Å²) in [7, 11) is -0.317. The van der Waals surface area contributed by atoms with Gasteiger partial charge in [0.2, 0.25) is 0 Å². The van der Waals surface area contributed by atoms with Gasteiger partial charge in [-0.15, -0.1) is 0 Å². The van der Waals surface area contributed by atoms with Crippen LogP contribution in [0.2, 0.25) is 0 Å². The van der Waals surface area contributed by atoms with Gasteiger partial charge in [0.25, 0.3) is 0 Å². The van der Waals surface area contributed by atoms with Crippen molar-refractivity contribution >= 4 is 10.9 Å². The van der Waals surface area contributed by atoms with Crippen LogP contribution in [-0.2, 0) is 10.9 Å². The zero-order valence-corrected chi connectivity index (χ0v) is 21.6. The van der Waals surface area contributed by atoms with Crippen LogP contribution >= 0.6 is 0 Å². The van der Waals surface area contributed by atoms with E-state index >= 15 is 4.39 Å². The number of rotatable bonds is 7. The normalized spacial score (nSPS) is 28.7. The maximum atomic E-state index is 15.3. The van der Waals surface area contributed by atoms with Crippen molar-refractivity contribution in [2.75, 3.05) is 0 Å². The Hall–Kier alpha value is -2.26. The summed E-state index contributed by atoms with van der Waals surface area (Å²) < 4.78 is 22.0. The van der Waals surface area contributed by atoms with Gasteiger partial charge in [-0.05, 0) is 99.1 Å². The maximum absolute atomic E-state index is 15.3. The second-order valence-corrected chi connectivity index (χ2v) is 13.1. The summed E-state index contributed by atoms with van der Waals surface area (Å²) in [4.78, 5) is 3.56. The Morgan fingerprint density at radius 3 is 2.14 bits per heavy atom. The van der Waals surface area contributed by atoms with E-state index in [1.165, 1.54) is 41.9 Å². The van der Waals surface area contributed by atoms with E-state index in [1.807, 2.05) is 24.3 Å². The van der Waals surface area contributed by atoms with E-state index in [-0.39, 0.29) is 22.3 Å². The van der Waals surface area contributed by atoms with Gasteiger partial charge in [0, 0.05) is 12.0 Å². The molecule has 3 aromatic carbocycles. The van der Waals surface area contributed by atoms with Crippen molar-refractivity contribution in [2.45, 2.75) is 72.7 Å². The fraction of sp³-hybridized carbons (Fsp3) is 0.438. The second-order valence-electron chi connectivity index (χ2n) is 11.1. The molecule has 3 aliphatic rings. The average Bonchev–Trinajstić information content (AvgIpc) is 3.62. The first kappa shape index (κ1) is 23.2. The minimum atomic E-state index is -0.329. The van der Waals surface area contributed by atoms with Gasteiger partial charge >= 0.3 is 0 Å². The third kappa shape index (κ3) is 4.10. The van der Waals surface area contributed by atoms with Crippen molar-refractivity contribution < 1.29 is 9.13 Å². The third-order valence-electron chi connectivity index (χ3n) is 9.35. The summed E-state index contributed by atoms with van der Waals surface area (Å²) in [6, 6.07) is 26.6. The van der Waals surface area contributed by atoms with E-state index in [2.05, 4.69) is 62.4 Å². The molecule has 0 saturated heterocycles. The first-order valence-electron chi connectivity index (χ1n) is 13.4. The highest BCUT2D eigenvalue weighted by Gasteiger charge is 2.58. The molecule has 3 aromatic rings. The van der Waals surface area contributed by atoms with Crippen LogP contribution in [0.5, 0.6) is 5.75 Å². The molecular weight excluding hydrogens is 451 g/mol. The molecule has 182 valence electrons. The lowest BCUT2D eigenvalue weighted by molar-refractivity contribution is -0.0253. The molecular formula is C32H36FOS+. The van der Waals surface area contributed by atoms with Crippen molar-refractivity contribution in [1.82, 2.24) is 0 Å². The molecule has 35 heavy (non-hydrogen) atoms. The van der Waals surface area contributed by atoms with Gasteiger partial charge in [-0.1, -0.05) is 49.7 Å². The molecule has 3 aliphatic carbocycles. The molecule has 6 atom stereocenters. The van der Waals surface area contributed by atoms with E-state index in [0.717, 1.165) is 35.0 Å². The molecule has 3 saturated carbocycles. The lowest BCUT2D eigenvalue weighted by atomic mass is 9.68. The van der Waals surface area contributed by atoms with Crippen LogP contribution in [0, 0.1) is 35.4 Å². The van der Waals surface area contributed by atoms with Crippen LogP contribution in [0.15, 0.2) is 93.5 Å². The summed E-state index contributed by atoms with van der Waals surface area (Å²) in [5.41, 5.74) is -0.329. The molecule has 0 spiro atoms. The van der Waals surface area contributed by atoms with Crippen molar-refractivity contribution in [2.24, 2.45) is 29.6 Å². The molecule has 0 N–H and O–H groups in total. The van der Waals surface area contributed by atoms with Crippen molar-refractivity contribution in [1.29, 1.82) is 0 Å². The second kappa shape index (κ2) is 9.32. The van der Waals surface area contributed by atoms with Crippen LogP contribution in [0.3, 0.4) is 0 Å². The average molecular weight is 488 g/mol. The molecule has 0 aromatic heterocycles. The highest BCUT2D eigenvalue weighted by molar-refractivity contribution is 7.97. The number of benzene rings is 3. The van der Waals surface area contributed by atoms with Gasteiger partial charge < -0.3 is 4.74 Å². The van der Waals surface area contributed by atoms with Gasteiger partial charge in [0.1, 0.15) is 5.60 Å². The lowest BCUT2D eigenvalue weighted by Crippen LogP contribution is -2.45. The SMILES string of the molecule is CCC(C)(Oc1cc([S+](c2ccccc2)c2ccccc2)ccc1F)C1CC2CC1C1CCCC21. The summed E-state index contributed by atoms with van der Waals surface area (Å²) in [6.45, 7) is 4.47. The summed E-state index contributed by atoms with van der Waals surface area (Å²) in [6.07, 6.45) is 7.76. The van der Waals surface area contributed by atoms with Crippen molar-refractivity contribution in [3.8, 4) is 5.75 Å². The minimum Gasteiger partial charge on any atom is -0.484 e.